The van der Waals surface area contributed by atoms with Crippen molar-refractivity contribution in [3.05, 3.63) is 0 Å². The molecule has 2 saturated carbocycles. The van der Waals surface area contributed by atoms with Gasteiger partial charge in [-0.3, -0.25) is 9.69 Å². The summed E-state index contributed by atoms with van der Waals surface area (Å²) in [5, 5.41) is 9.74. The molecule has 0 saturated heterocycles. The molecule has 19 heavy (non-hydrogen) atoms. The molecule has 2 aliphatic carbocycles. The summed E-state index contributed by atoms with van der Waals surface area (Å²) in [4.78, 5) is 14.3. The molecule has 2 fully saturated rings. The number of carbonyl (C=O) groups is 1. The van der Waals surface area contributed by atoms with E-state index < -0.39 is 11.4 Å². The maximum Gasteiger partial charge on any atom is 0.310 e. The summed E-state index contributed by atoms with van der Waals surface area (Å²) in [6.07, 6.45) is 9.05. The van der Waals surface area contributed by atoms with E-state index in [-0.39, 0.29) is 0 Å². The third kappa shape index (κ3) is 3.31. The molecule has 110 valence electrons. The minimum Gasteiger partial charge on any atom is -0.481 e. The van der Waals surface area contributed by atoms with E-state index >= 15 is 0 Å². The van der Waals surface area contributed by atoms with Gasteiger partial charge >= 0.3 is 5.97 Å². The van der Waals surface area contributed by atoms with Gasteiger partial charge in [0, 0.05) is 12.6 Å². The van der Waals surface area contributed by atoms with Gasteiger partial charge in [0.15, 0.2) is 0 Å². The highest BCUT2D eigenvalue weighted by molar-refractivity contribution is 5.75. The van der Waals surface area contributed by atoms with E-state index in [1.165, 1.54) is 25.7 Å². The highest BCUT2D eigenvalue weighted by Crippen LogP contribution is 2.41. The zero-order chi connectivity index (χ0) is 13.9. The van der Waals surface area contributed by atoms with Crippen molar-refractivity contribution in [1.29, 1.82) is 0 Å². The van der Waals surface area contributed by atoms with Gasteiger partial charge in [-0.25, -0.2) is 0 Å². The van der Waals surface area contributed by atoms with Crippen LogP contribution in [0.2, 0.25) is 0 Å². The largest absolute Gasteiger partial charge is 0.481 e. The third-order valence-corrected chi connectivity index (χ3v) is 5.44. The number of rotatable bonds is 5. The molecule has 3 heteroatoms. The van der Waals surface area contributed by atoms with E-state index in [0.29, 0.717) is 12.0 Å². The van der Waals surface area contributed by atoms with Gasteiger partial charge in [-0.05, 0) is 51.0 Å². The van der Waals surface area contributed by atoms with Gasteiger partial charge in [0.1, 0.15) is 0 Å². The van der Waals surface area contributed by atoms with E-state index in [4.69, 9.17) is 0 Å². The van der Waals surface area contributed by atoms with Crippen LogP contribution in [0.5, 0.6) is 0 Å². The van der Waals surface area contributed by atoms with Crippen molar-refractivity contribution in [2.24, 2.45) is 11.3 Å². The maximum absolute atomic E-state index is 11.8. The van der Waals surface area contributed by atoms with Crippen molar-refractivity contribution in [3.8, 4) is 0 Å². The quantitative estimate of drug-likeness (QED) is 0.828. The Balaban J connectivity index is 2.04. The summed E-state index contributed by atoms with van der Waals surface area (Å²) < 4.78 is 0. The minimum atomic E-state index is -0.559. The summed E-state index contributed by atoms with van der Waals surface area (Å²) in [6, 6.07) is 0.639. The summed E-state index contributed by atoms with van der Waals surface area (Å²) in [7, 11) is 0. The van der Waals surface area contributed by atoms with Crippen molar-refractivity contribution in [1.82, 2.24) is 4.90 Å². The molecule has 0 atom stereocenters. The second-order valence-corrected chi connectivity index (χ2v) is 6.77. The molecule has 0 spiro atoms. The molecule has 3 nitrogen and oxygen atoms in total. The number of carboxylic acid groups (broad SMARTS) is 1. The van der Waals surface area contributed by atoms with Gasteiger partial charge in [0.2, 0.25) is 0 Å². The van der Waals surface area contributed by atoms with Crippen molar-refractivity contribution in [2.45, 2.75) is 71.3 Å². The topological polar surface area (TPSA) is 40.5 Å². The first-order chi connectivity index (χ1) is 9.07. The number of hydrogen-bond acceptors (Lipinski definition) is 2. The van der Waals surface area contributed by atoms with Crippen molar-refractivity contribution in [3.63, 3.8) is 0 Å². The fraction of sp³-hybridized carbons (Fsp3) is 0.938. The van der Waals surface area contributed by atoms with Crippen LogP contribution in [0.4, 0.5) is 0 Å². The van der Waals surface area contributed by atoms with Crippen molar-refractivity contribution >= 4 is 5.97 Å². The SMILES string of the molecule is CCN(CC1(C(=O)O)CCC(C)CC1)C1CCCC1. The lowest BCUT2D eigenvalue weighted by molar-refractivity contribution is -0.153. The molecule has 0 aromatic rings. The number of aliphatic carboxylic acids is 1. The van der Waals surface area contributed by atoms with Crippen LogP contribution in [0.1, 0.15) is 65.2 Å². The second kappa shape index (κ2) is 6.25. The normalized spacial score (nSPS) is 32.9. The van der Waals surface area contributed by atoms with Gasteiger partial charge in [0.05, 0.1) is 5.41 Å². The smallest absolute Gasteiger partial charge is 0.310 e. The van der Waals surface area contributed by atoms with Crippen LogP contribution >= 0.6 is 0 Å². The molecular weight excluding hydrogens is 238 g/mol. The lowest BCUT2D eigenvalue weighted by Gasteiger charge is -2.41. The molecule has 0 aromatic carbocycles. The molecule has 0 bridgehead atoms. The Kier molecular flexibility index (Phi) is 4.88. The molecule has 0 amide bonds. The Morgan fingerprint density at radius 2 is 1.79 bits per heavy atom. The summed E-state index contributed by atoms with van der Waals surface area (Å²) in [5.74, 6) is 0.143. The first-order valence-corrected chi connectivity index (χ1v) is 8.05. The van der Waals surface area contributed by atoms with Crippen molar-refractivity contribution < 1.29 is 9.90 Å². The van der Waals surface area contributed by atoms with Crippen LogP contribution in [-0.2, 0) is 4.79 Å². The van der Waals surface area contributed by atoms with Crippen LogP contribution in [0, 0.1) is 11.3 Å². The number of carboxylic acids is 1. The van der Waals surface area contributed by atoms with Gasteiger partial charge in [0.25, 0.3) is 0 Å². The predicted molar refractivity (Wildman–Crippen MR) is 77.2 cm³/mol. The average molecular weight is 267 g/mol. The summed E-state index contributed by atoms with van der Waals surface area (Å²) >= 11 is 0. The first-order valence-electron chi connectivity index (χ1n) is 8.05. The van der Waals surface area contributed by atoms with Gasteiger partial charge < -0.3 is 5.11 Å². The standard InChI is InChI=1S/C16H29NO2/c1-3-17(14-6-4-5-7-14)12-16(15(18)19)10-8-13(2)9-11-16/h13-14H,3-12H2,1-2H3,(H,18,19). The van der Waals surface area contributed by atoms with Crippen LogP contribution < -0.4 is 0 Å². The van der Waals surface area contributed by atoms with E-state index in [2.05, 4.69) is 18.7 Å². The fourth-order valence-electron chi connectivity index (χ4n) is 3.91. The second-order valence-electron chi connectivity index (χ2n) is 6.77. The Morgan fingerprint density at radius 1 is 1.21 bits per heavy atom. The average Bonchev–Trinajstić information content (AvgIpc) is 2.92. The highest BCUT2D eigenvalue weighted by atomic mass is 16.4. The van der Waals surface area contributed by atoms with E-state index in [0.717, 1.165) is 38.8 Å². The lowest BCUT2D eigenvalue weighted by Crippen LogP contribution is -2.48. The van der Waals surface area contributed by atoms with Crippen LogP contribution in [0.3, 0.4) is 0 Å². The Labute approximate surface area is 117 Å². The van der Waals surface area contributed by atoms with Crippen molar-refractivity contribution in [2.75, 3.05) is 13.1 Å². The zero-order valence-electron chi connectivity index (χ0n) is 12.5. The zero-order valence-corrected chi connectivity index (χ0v) is 12.5. The maximum atomic E-state index is 11.8. The minimum absolute atomic E-state index is 0.467. The number of hydrogen-bond donors (Lipinski definition) is 1. The van der Waals surface area contributed by atoms with Gasteiger partial charge in [-0.2, -0.15) is 0 Å². The summed E-state index contributed by atoms with van der Waals surface area (Å²) in [6.45, 7) is 6.20. The van der Waals surface area contributed by atoms with Crippen LogP contribution in [-0.4, -0.2) is 35.1 Å². The molecule has 0 aromatic heterocycles. The van der Waals surface area contributed by atoms with E-state index in [1.807, 2.05) is 0 Å². The molecule has 0 heterocycles. The van der Waals surface area contributed by atoms with E-state index in [9.17, 15) is 9.90 Å². The predicted octanol–water partition coefficient (Wildman–Crippen LogP) is 3.53. The lowest BCUT2D eigenvalue weighted by atomic mass is 9.70. The van der Waals surface area contributed by atoms with Crippen LogP contribution in [0.15, 0.2) is 0 Å². The Morgan fingerprint density at radius 3 is 2.26 bits per heavy atom. The molecule has 2 aliphatic rings. The molecule has 0 unspecified atom stereocenters. The summed E-state index contributed by atoms with van der Waals surface area (Å²) in [5.41, 5.74) is -0.467. The monoisotopic (exact) mass is 267 g/mol. The van der Waals surface area contributed by atoms with E-state index in [1.54, 1.807) is 0 Å². The molecule has 0 aliphatic heterocycles. The van der Waals surface area contributed by atoms with Gasteiger partial charge in [-0.15, -0.1) is 0 Å². The molecule has 2 rings (SSSR count). The molecule has 0 radical (unpaired) electrons. The van der Waals surface area contributed by atoms with Gasteiger partial charge in [-0.1, -0.05) is 26.7 Å². The molecule has 1 N–H and O–H groups in total. The first kappa shape index (κ1) is 14.8. The Bertz CT molecular complexity index is 302. The third-order valence-electron chi connectivity index (χ3n) is 5.44. The van der Waals surface area contributed by atoms with Crippen LogP contribution in [0.25, 0.3) is 0 Å². The molecular formula is C16H29NO2. The fourth-order valence-corrected chi connectivity index (χ4v) is 3.91. The Hall–Kier alpha value is -0.570. The highest BCUT2D eigenvalue weighted by Gasteiger charge is 2.43. The number of nitrogens with zero attached hydrogens (tertiary/aromatic N) is 1.